The summed E-state index contributed by atoms with van der Waals surface area (Å²) in [7, 11) is 5.35. The van der Waals surface area contributed by atoms with Gasteiger partial charge in [0.1, 0.15) is 12.6 Å². The van der Waals surface area contributed by atoms with E-state index in [1.54, 1.807) is 21.1 Å². The van der Waals surface area contributed by atoms with Gasteiger partial charge in [-0.3, -0.25) is 9.59 Å². The molecule has 0 heterocycles. The van der Waals surface area contributed by atoms with Crippen molar-refractivity contribution in [1.82, 2.24) is 0 Å². The number of carbonyl (C=O) groups excluding carboxylic acids is 3. The molecule has 0 spiro atoms. The van der Waals surface area contributed by atoms with E-state index in [4.69, 9.17) is 14.2 Å². The van der Waals surface area contributed by atoms with E-state index in [0.29, 0.717) is 12.8 Å². The van der Waals surface area contributed by atoms with Gasteiger partial charge >= 0.3 is 11.9 Å². The van der Waals surface area contributed by atoms with Crippen molar-refractivity contribution in [2.45, 2.75) is 109 Å². The largest absolute Gasteiger partial charge is 0.544 e. The number of ether oxygens (including phenoxy) is 3. The number of carbonyl (C=O) groups is 3. The SMILES string of the molecule is CC/C=C/C=C/C=C/C=C/C=C/CCCCCC(=O)OCC(COCCC(C(=O)[O-])[N+](C)(C)C)OC(=O)CCCCC/C=C/C=C/C=C/C=C/CC. The summed E-state index contributed by atoms with van der Waals surface area (Å²) < 4.78 is 17.0. The Labute approximate surface area is 315 Å². The second kappa shape index (κ2) is 34.1. The van der Waals surface area contributed by atoms with Gasteiger partial charge in [-0.25, -0.2) is 0 Å². The number of carboxylic acid groups (broad SMARTS) is 1. The molecule has 0 aromatic carbocycles. The van der Waals surface area contributed by atoms with Crippen LogP contribution in [-0.2, 0) is 28.6 Å². The molecule has 2 unspecified atom stereocenters. The molecule has 0 amide bonds. The van der Waals surface area contributed by atoms with Crippen molar-refractivity contribution >= 4 is 17.9 Å². The Morgan fingerprint density at radius 3 is 1.46 bits per heavy atom. The van der Waals surface area contributed by atoms with Crippen LogP contribution in [0.4, 0.5) is 0 Å². The average Bonchev–Trinajstić information content (AvgIpc) is 3.09. The van der Waals surface area contributed by atoms with Gasteiger partial charge in [-0.15, -0.1) is 0 Å². The summed E-state index contributed by atoms with van der Waals surface area (Å²) in [5.41, 5.74) is 0. The van der Waals surface area contributed by atoms with Crippen molar-refractivity contribution in [1.29, 1.82) is 0 Å². The maximum absolute atomic E-state index is 12.6. The lowest BCUT2D eigenvalue weighted by Gasteiger charge is -2.34. The third-order valence-corrected chi connectivity index (χ3v) is 7.63. The Bertz CT molecular complexity index is 1210. The zero-order valence-corrected chi connectivity index (χ0v) is 32.7. The number of aliphatic carboxylic acids is 1. The van der Waals surface area contributed by atoms with Crippen molar-refractivity contribution in [2.75, 3.05) is 41.0 Å². The van der Waals surface area contributed by atoms with E-state index in [1.165, 1.54) is 0 Å². The third-order valence-electron chi connectivity index (χ3n) is 7.63. The first-order valence-corrected chi connectivity index (χ1v) is 19.0. The predicted octanol–water partition coefficient (Wildman–Crippen LogP) is 8.40. The highest BCUT2D eigenvalue weighted by molar-refractivity contribution is 5.70. The number of rotatable bonds is 31. The summed E-state index contributed by atoms with van der Waals surface area (Å²) in [4.78, 5) is 36.7. The Kier molecular flexibility index (Phi) is 31.5. The quantitative estimate of drug-likeness (QED) is 0.0307. The van der Waals surface area contributed by atoms with E-state index < -0.39 is 18.1 Å². The molecular weight excluding hydrogens is 654 g/mol. The first kappa shape index (κ1) is 48.0. The molecule has 0 N–H and O–H groups in total. The van der Waals surface area contributed by atoms with E-state index in [9.17, 15) is 19.5 Å². The molecule has 0 radical (unpaired) electrons. The van der Waals surface area contributed by atoms with Gasteiger partial charge in [0.15, 0.2) is 6.10 Å². The van der Waals surface area contributed by atoms with Crippen LogP contribution in [0.15, 0.2) is 109 Å². The van der Waals surface area contributed by atoms with Crippen LogP contribution in [0.5, 0.6) is 0 Å². The highest BCUT2D eigenvalue weighted by Gasteiger charge is 2.25. The fraction of sp³-hybridized carbons (Fsp3) is 0.523. The molecule has 0 aliphatic carbocycles. The number of quaternary nitrogens is 1. The smallest absolute Gasteiger partial charge is 0.306 e. The lowest BCUT2D eigenvalue weighted by Crippen LogP contribution is -2.55. The third kappa shape index (κ3) is 31.9. The lowest BCUT2D eigenvalue weighted by molar-refractivity contribution is -0.889. The van der Waals surface area contributed by atoms with Gasteiger partial charge in [-0.2, -0.15) is 0 Å². The van der Waals surface area contributed by atoms with Crippen molar-refractivity contribution in [2.24, 2.45) is 0 Å². The van der Waals surface area contributed by atoms with Crippen LogP contribution >= 0.6 is 0 Å². The number of likely N-dealkylation sites (N-methyl/N-ethyl adjacent to an activating group) is 1. The molecule has 0 aromatic rings. The van der Waals surface area contributed by atoms with Gasteiger partial charge in [-0.1, -0.05) is 136 Å². The number of carboxylic acids is 1. The molecule has 8 heteroatoms. The summed E-state index contributed by atoms with van der Waals surface area (Å²) in [5, 5.41) is 11.6. The number of unbranched alkanes of at least 4 members (excludes halogenated alkanes) is 6. The number of esters is 2. The first-order valence-electron chi connectivity index (χ1n) is 19.0. The zero-order chi connectivity index (χ0) is 38.5. The second-order valence-corrected chi connectivity index (χ2v) is 13.3. The van der Waals surface area contributed by atoms with Crippen molar-refractivity contribution in [3.05, 3.63) is 109 Å². The summed E-state index contributed by atoms with van der Waals surface area (Å²) in [6.07, 6.45) is 45.5. The number of hydrogen-bond acceptors (Lipinski definition) is 7. The van der Waals surface area contributed by atoms with Gasteiger partial charge in [0.25, 0.3) is 0 Å². The lowest BCUT2D eigenvalue weighted by atomic mass is 10.1. The molecule has 0 saturated heterocycles. The number of hydrogen-bond donors (Lipinski definition) is 0. The maximum Gasteiger partial charge on any atom is 0.306 e. The molecule has 2 atom stereocenters. The minimum atomic E-state index is -1.15. The highest BCUT2D eigenvalue weighted by Crippen LogP contribution is 2.11. The Hall–Kier alpha value is -4.01. The predicted molar refractivity (Wildman–Crippen MR) is 212 cm³/mol. The Morgan fingerprint density at radius 1 is 0.577 bits per heavy atom. The number of nitrogens with zero attached hydrogens (tertiary/aromatic N) is 1. The fourth-order valence-electron chi connectivity index (χ4n) is 4.69. The molecule has 0 aromatic heterocycles. The standard InChI is InChI=1S/C44H67NO7/c1-6-8-10-12-14-16-18-20-21-23-24-26-28-30-32-34-42(46)51-39-40(38-50-37-36-41(44(48)49)45(3,4)5)52-43(47)35-33-31-29-27-25-22-19-17-15-13-11-9-7-2/h8-25,40-41H,6-7,26-39H2,1-5H3/b10-8+,11-9+,14-12+,15-13+,18-16+,19-17+,21-20+,24-23+,25-22+. The van der Waals surface area contributed by atoms with Gasteiger partial charge in [0, 0.05) is 19.3 Å². The summed E-state index contributed by atoms with van der Waals surface area (Å²) in [6, 6.07) is -0.746. The van der Waals surface area contributed by atoms with E-state index in [0.717, 1.165) is 51.4 Å². The monoisotopic (exact) mass is 721 g/mol. The topological polar surface area (TPSA) is 102 Å². The van der Waals surface area contributed by atoms with Gasteiger partial charge in [0.2, 0.25) is 0 Å². The molecule has 0 rings (SSSR count). The van der Waals surface area contributed by atoms with Crippen LogP contribution in [0.3, 0.4) is 0 Å². The molecule has 0 bridgehead atoms. The molecular formula is C44H67NO7. The zero-order valence-electron chi connectivity index (χ0n) is 32.7. The van der Waals surface area contributed by atoms with E-state index in [1.807, 2.05) is 85.1 Å². The molecule has 52 heavy (non-hydrogen) atoms. The fourth-order valence-corrected chi connectivity index (χ4v) is 4.69. The number of allylic oxidation sites excluding steroid dienone is 18. The minimum Gasteiger partial charge on any atom is -0.544 e. The second-order valence-electron chi connectivity index (χ2n) is 13.3. The van der Waals surface area contributed by atoms with Gasteiger partial charge < -0.3 is 28.6 Å². The Morgan fingerprint density at radius 2 is 1.02 bits per heavy atom. The average molecular weight is 722 g/mol. The summed E-state index contributed by atoms with van der Waals surface area (Å²) in [5.74, 6) is -1.87. The molecule has 0 aliphatic heterocycles. The minimum absolute atomic E-state index is 0.00188. The van der Waals surface area contributed by atoms with Crippen LogP contribution in [0.2, 0.25) is 0 Å². The Balaban J connectivity index is 4.61. The van der Waals surface area contributed by atoms with Crippen molar-refractivity contribution in [3.63, 3.8) is 0 Å². The molecule has 0 aliphatic rings. The van der Waals surface area contributed by atoms with Crippen LogP contribution in [0.1, 0.15) is 97.3 Å². The van der Waals surface area contributed by atoms with Crippen LogP contribution in [0, 0.1) is 0 Å². The molecule has 0 saturated carbocycles. The highest BCUT2D eigenvalue weighted by atomic mass is 16.6. The summed E-state index contributed by atoms with van der Waals surface area (Å²) in [6.45, 7) is 4.24. The van der Waals surface area contributed by atoms with Crippen LogP contribution in [-0.4, -0.2) is 75.5 Å². The van der Waals surface area contributed by atoms with Gasteiger partial charge in [0.05, 0.1) is 40.3 Å². The molecule has 290 valence electrons. The van der Waals surface area contributed by atoms with Crippen molar-refractivity contribution in [3.8, 4) is 0 Å². The van der Waals surface area contributed by atoms with Gasteiger partial charge in [-0.05, 0) is 51.4 Å². The van der Waals surface area contributed by atoms with E-state index in [2.05, 4.69) is 38.2 Å². The maximum atomic E-state index is 12.6. The summed E-state index contributed by atoms with van der Waals surface area (Å²) >= 11 is 0. The van der Waals surface area contributed by atoms with E-state index in [-0.39, 0.29) is 55.5 Å². The van der Waals surface area contributed by atoms with Crippen LogP contribution in [0.25, 0.3) is 0 Å². The van der Waals surface area contributed by atoms with Crippen molar-refractivity contribution < 1.29 is 38.2 Å². The molecule has 0 fully saturated rings. The molecule has 8 nitrogen and oxygen atoms in total. The van der Waals surface area contributed by atoms with Crippen LogP contribution < -0.4 is 5.11 Å². The van der Waals surface area contributed by atoms with E-state index >= 15 is 0 Å². The normalized spacial score (nSPS) is 14.2. The first-order chi connectivity index (χ1) is 25.1.